The van der Waals surface area contributed by atoms with Crippen molar-refractivity contribution in [3.8, 4) is 0 Å². The molecular formula is C11H18N4O4. The van der Waals surface area contributed by atoms with Gasteiger partial charge in [-0.2, -0.15) is 0 Å². The predicted octanol–water partition coefficient (Wildman–Crippen LogP) is -1.03. The summed E-state index contributed by atoms with van der Waals surface area (Å²) in [6, 6.07) is -1.60. The Kier molecular flexibility index (Phi) is 5.46. The maximum Gasteiger partial charge on any atom is 0.320 e. The molecule has 8 nitrogen and oxygen atoms in total. The average molecular weight is 270 g/mol. The van der Waals surface area contributed by atoms with Crippen LogP contribution in [0.1, 0.15) is 17.9 Å². The maximum absolute atomic E-state index is 10.8. The zero-order valence-electron chi connectivity index (χ0n) is 10.6. The summed E-state index contributed by atoms with van der Waals surface area (Å²) < 4.78 is 0. The summed E-state index contributed by atoms with van der Waals surface area (Å²) in [6.07, 6.45) is 2.54. The minimum Gasteiger partial charge on any atom is -0.480 e. The third kappa shape index (κ3) is 4.68. The Hall–Kier alpha value is -1.93. The zero-order chi connectivity index (χ0) is 14.4. The fraction of sp³-hybridized carbons (Fsp3) is 0.545. The van der Waals surface area contributed by atoms with Crippen LogP contribution in [-0.4, -0.2) is 51.3 Å². The molecule has 0 fully saturated rings. The molecule has 8 heteroatoms. The van der Waals surface area contributed by atoms with Gasteiger partial charge in [0.2, 0.25) is 0 Å². The molecule has 106 valence electrons. The third-order valence-corrected chi connectivity index (χ3v) is 2.75. The van der Waals surface area contributed by atoms with E-state index >= 15 is 0 Å². The van der Waals surface area contributed by atoms with Crippen LogP contribution in [0.5, 0.6) is 0 Å². The Bertz CT molecular complexity index is 446. The van der Waals surface area contributed by atoms with Crippen LogP contribution in [-0.2, 0) is 22.4 Å². The monoisotopic (exact) mass is 270 g/mol. The molecule has 0 aliphatic rings. The molecule has 2 atom stereocenters. The number of aromatic nitrogens is 2. The second kappa shape index (κ2) is 6.86. The number of aryl methyl sites for hydroxylation is 1. The van der Waals surface area contributed by atoms with Crippen molar-refractivity contribution >= 4 is 11.9 Å². The largest absolute Gasteiger partial charge is 0.480 e. The van der Waals surface area contributed by atoms with Crippen LogP contribution in [0, 0.1) is 0 Å². The Labute approximate surface area is 110 Å². The molecule has 1 aromatic rings. The molecule has 0 aromatic carbocycles. The first kappa shape index (κ1) is 15.1. The fourth-order valence-corrected chi connectivity index (χ4v) is 1.63. The van der Waals surface area contributed by atoms with Crippen molar-refractivity contribution in [2.45, 2.75) is 31.3 Å². The van der Waals surface area contributed by atoms with Crippen molar-refractivity contribution in [3.63, 3.8) is 0 Å². The summed E-state index contributed by atoms with van der Waals surface area (Å²) in [6.45, 7) is 0. The topological polar surface area (TPSA) is 141 Å². The van der Waals surface area contributed by atoms with Crippen molar-refractivity contribution in [3.05, 3.63) is 17.7 Å². The highest BCUT2D eigenvalue weighted by Crippen LogP contribution is 2.05. The van der Waals surface area contributed by atoms with Gasteiger partial charge in [-0.05, 0) is 13.5 Å². The van der Waals surface area contributed by atoms with Crippen LogP contribution < -0.4 is 11.1 Å². The Balaban J connectivity index is 2.51. The summed E-state index contributed by atoms with van der Waals surface area (Å²) >= 11 is 0. The third-order valence-electron chi connectivity index (χ3n) is 2.75. The molecule has 0 amide bonds. The Morgan fingerprint density at radius 3 is 2.68 bits per heavy atom. The van der Waals surface area contributed by atoms with Crippen molar-refractivity contribution in [1.29, 1.82) is 0 Å². The number of carboxylic acids is 2. The number of carbonyl (C=O) groups is 2. The van der Waals surface area contributed by atoms with Gasteiger partial charge in [-0.1, -0.05) is 0 Å². The van der Waals surface area contributed by atoms with E-state index in [1.807, 2.05) is 0 Å². The van der Waals surface area contributed by atoms with Gasteiger partial charge in [0, 0.05) is 24.7 Å². The quantitative estimate of drug-likeness (QED) is 0.406. The molecule has 0 aliphatic carbocycles. The predicted molar refractivity (Wildman–Crippen MR) is 66.7 cm³/mol. The van der Waals surface area contributed by atoms with Gasteiger partial charge in [0.05, 0.1) is 0 Å². The van der Waals surface area contributed by atoms with E-state index in [4.69, 9.17) is 15.9 Å². The highest BCUT2D eigenvalue weighted by molar-refractivity contribution is 5.73. The van der Waals surface area contributed by atoms with E-state index in [-0.39, 0.29) is 6.42 Å². The SMILES string of the molecule is CNC(CCc1ncc(C[C@H](N)C(=O)O)[nH]1)C(=O)O. The van der Waals surface area contributed by atoms with Gasteiger partial charge in [-0.3, -0.25) is 9.59 Å². The number of aliphatic carboxylic acids is 2. The molecular weight excluding hydrogens is 252 g/mol. The van der Waals surface area contributed by atoms with Gasteiger partial charge < -0.3 is 26.2 Å². The lowest BCUT2D eigenvalue weighted by molar-refractivity contribution is -0.140. The molecule has 0 radical (unpaired) electrons. The van der Waals surface area contributed by atoms with E-state index in [9.17, 15) is 9.59 Å². The van der Waals surface area contributed by atoms with E-state index in [1.165, 1.54) is 6.20 Å². The summed E-state index contributed by atoms with van der Waals surface area (Å²) in [5, 5.41) is 20.2. The standard InChI is InChI=1S/C11H18N4O4/c1-13-8(11(18)19)2-3-9-14-5-6(15-9)4-7(12)10(16)17/h5,7-8,13H,2-4,12H2,1H3,(H,14,15)(H,16,17)(H,18,19)/t7-,8?/m0/s1. The van der Waals surface area contributed by atoms with E-state index in [2.05, 4.69) is 15.3 Å². The molecule has 0 bridgehead atoms. The minimum absolute atomic E-state index is 0.163. The average Bonchev–Trinajstić information content (AvgIpc) is 2.77. The van der Waals surface area contributed by atoms with Crippen molar-refractivity contribution in [2.75, 3.05) is 7.05 Å². The summed E-state index contributed by atoms with van der Waals surface area (Å²) in [5.74, 6) is -1.37. The highest BCUT2D eigenvalue weighted by Gasteiger charge is 2.16. The molecule has 6 N–H and O–H groups in total. The number of nitrogens with one attached hydrogen (secondary N) is 2. The summed E-state index contributed by atoms with van der Waals surface area (Å²) in [5.41, 5.74) is 6.03. The van der Waals surface area contributed by atoms with E-state index in [0.717, 1.165) is 0 Å². The van der Waals surface area contributed by atoms with Gasteiger partial charge in [-0.15, -0.1) is 0 Å². The highest BCUT2D eigenvalue weighted by atomic mass is 16.4. The first-order chi connectivity index (χ1) is 8.93. The second-order valence-corrected chi connectivity index (χ2v) is 4.22. The van der Waals surface area contributed by atoms with Crippen LogP contribution in [0.25, 0.3) is 0 Å². The van der Waals surface area contributed by atoms with Gasteiger partial charge >= 0.3 is 11.9 Å². The van der Waals surface area contributed by atoms with E-state index < -0.39 is 24.0 Å². The molecule has 1 heterocycles. The lowest BCUT2D eigenvalue weighted by atomic mass is 10.1. The fourth-order valence-electron chi connectivity index (χ4n) is 1.63. The van der Waals surface area contributed by atoms with E-state index in [0.29, 0.717) is 24.4 Å². The Morgan fingerprint density at radius 2 is 2.16 bits per heavy atom. The number of H-pyrrole nitrogens is 1. The number of imidazole rings is 1. The smallest absolute Gasteiger partial charge is 0.320 e. The van der Waals surface area contributed by atoms with Crippen LogP contribution in [0.3, 0.4) is 0 Å². The van der Waals surface area contributed by atoms with Gasteiger partial charge in [0.15, 0.2) is 0 Å². The minimum atomic E-state index is -1.07. The summed E-state index contributed by atoms with van der Waals surface area (Å²) in [4.78, 5) is 28.4. The Morgan fingerprint density at radius 1 is 1.47 bits per heavy atom. The second-order valence-electron chi connectivity index (χ2n) is 4.22. The van der Waals surface area contributed by atoms with Crippen molar-refractivity contribution in [2.24, 2.45) is 5.73 Å². The van der Waals surface area contributed by atoms with Gasteiger partial charge in [-0.25, -0.2) is 4.98 Å². The molecule has 0 saturated heterocycles. The zero-order valence-corrected chi connectivity index (χ0v) is 10.6. The van der Waals surface area contributed by atoms with Gasteiger partial charge in [0.1, 0.15) is 17.9 Å². The normalized spacial score (nSPS) is 14.0. The number of nitrogens with zero attached hydrogens (tertiary/aromatic N) is 1. The van der Waals surface area contributed by atoms with Crippen LogP contribution in [0.2, 0.25) is 0 Å². The first-order valence-corrected chi connectivity index (χ1v) is 5.85. The number of nitrogens with two attached hydrogens (primary N) is 1. The van der Waals surface area contributed by atoms with Crippen LogP contribution >= 0.6 is 0 Å². The molecule has 1 rings (SSSR count). The lowest BCUT2D eigenvalue weighted by Gasteiger charge is -2.09. The number of hydrogen-bond donors (Lipinski definition) is 5. The molecule has 1 unspecified atom stereocenters. The number of aromatic amines is 1. The van der Waals surface area contributed by atoms with Crippen LogP contribution in [0.15, 0.2) is 6.20 Å². The maximum atomic E-state index is 10.8. The molecule has 0 spiro atoms. The molecule has 19 heavy (non-hydrogen) atoms. The van der Waals surface area contributed by atoms with Gasteiger partial charge in [0.25, 0.3) is 0 Å². The lowest BCUT2D eigenvalue weighted by Crippen LogP contribution is -2.34. The van der Waals surface area contributed by atoms with Crippen molar-refractivity contribution in [1.82, 2.24) is 15.3 Å². The number of carboxylic acid groups (broad SMARTS) is 2. The van der Waals surface area contributed by atoms with Crippen molar-refractivity contribution < 1.29 is 19.8 Å². The number of likely N-dealkylation sites (N-methyl/N-ethyl adjacent to an activating group) is 1. The number of rotatable bonds is 8. The van der Waals surface area contributed by atoms with Crippen LogP contribution in [0.4, 0.5) is 0 Å². The molecule has 0 aliphatic heterocycles. The summed E-state index contributed by atoms with van der Waals surface area (Å²) in [7, 11) is 1.58. The molecule has 1 aromatic heterocycles. The number of hydrogen-bond acceptors (Lipinski definition) is 5. The van der Waals surface area contributed by atoms with E-state index in [1.54, 1.807) is 7.05 Å². The first-order valence-electron chi connectivity index (χ1n) is 5.85. The molecule has 0 saturated carbocycles.